The second-order valence-corrected chi connectivity index (χ2v) is 8.68. The Hall–Kier alpha value is -3.54. The zero-order chi connectivity index (χ0) is 26.0. The second-order valence-electron chi connectivity index (χ2n) is 8.68. The van der Waals surface area contributed by atoms with Crippen LogP contribution in [0.15, 0.2) is 60.7 Å². The van der Waals surface area contributed by atoms with E-state index in [4.69, 9.17) is 0 Å². The van der Waals surface area contributed by atoms with Crippen LogP contribution in [0.4, 0.5) is 26.3 Å². The van der Waals surface area contributed by atoms with Crippen LogP contribution in [0.2, 0.25) is 0 Å². The Balaban J connectivity index is 1.67. The highest BCUT2D eigenvalue weighted by Gasteiger charge is 2.21. The average molecular weight is 499 g/mol. The SMILES string of the molecule is CCCc1ccc(-c2ccc(-c3ccc(-c4cc(F)c(CCC)c(F)c4)cc3)c(F)c2F)c(F)c1F. The van der Waals surface area contributed by atoms with Crippen LogP contribution >= 0.6 is 0 Å². The number of benzene rings is 4. The van der Waals surface area contributed by atoms with Gasteiger partial charge in [0.05, 0.1) is 0 Å². The van der Waals surface area contributed by atoms with Crippen LogP contribution in [-0.2, 0) is 12.8 Å². The van der Waals surface area contributed by atoms with E-state index in [1.807, 2.05) is 13.8 Å². The molecule has 0 atom stereocenters. The number of hydrogen-bond donors (Lipinski definition) is 0. The van der Waals surface area contributed by atoms with E-state index < -0.39 is 34.9 Å². The zero-order valence-corrected chi connectivity index (χ0v) is 19.9. The molecule has 4 rings (SSSR count). The molecule has 0 saturated heterocycles. The van der Waals surface area contributed by atoms with E-state index in [0.717, 1.165) is 0 Å². The molecule has 0 spiro atoms. The Morgan fingerprint density at radius 2 is 0.944 bits per heavy atom. The molecule has 4 aromatic rings. The molecule has 0 nitrogen and oxygen atoms in total. The minimum absolute atomic E-state index is 0.0341. The van der Waals surface area contributed by atoms with Gasteiger partial charge in [0, 0.05) is 22.3 Å². The van der Waals surface area contributed by atoms with Gasteiger partial charge in [-0.25, -0.2) is 26.3 Å². The van der Waals surface area contributed by atoms with E-state index in [0.29, 0.717) is 36.0 Å². The molecular formula is C30H24F6. The molecule has 36 heavy (non-hydrogen) atoms. The maximum absolute atomic E-state index is 15.0. The topological polar surface area (TPSA) is 0 Å². The Bertz CT molecular complexity index is 1380. The lowest BCUT2D eigenvalue weighted by molar-refractivity contribution is 0.495. The van der Waals surface area contributed by atoms with Crippen molar-refractivity contribution in [3.8, 4) is 33.4 Å². The number of halogens is 6. The summed E-state index contributed by atoms with van der Waals surface area (Å²) in [4.78, 5) is 0. The summed E-state index contributed by atoms with van der Waals surface area (Å²) in [6, 6.07) is 13.7. The van der Waals surface area contributed by atoms with Crippen molar-refractivity contribution in [3.63, 3.8) is 0 Å². The highest BCUT2D eigenvalue weighted by atomic mass is 19.2. The molecule has 0 heterocycles. The number of rotatable bonds is 7. The van der Waals surface area contributed by atoms with Gasteiger partial charge in [-0.3, -0.25) is 0 Å². The van der Waals surface area contributed by atoms with Crippen molar-refractivity contribution in [2.45, 2.75) is 39.5 Å². The van der Waals surface area contributed by atoms with E-state index in [9.17, 15) is 22.0 Å². The Morgan fingerprint density at radius 1 is 0.472 bits per heavy atom. The van der Waals surface area contributed by atoms with Crippen LogP contribution in [0.1, 0.15) is 37.8 Å². The lowest BCUT2D eigenvalue weighted by atomic mass is 9.95. The third-order valence-corrected chi connectivity index (χ3v) is 6.22. The molecule has 0 saturated carbocycles. The van der Waals surface area contributed by atoms with Gasteiger partial charge >= 0.3 is 0 Å². The summed E-state index contributed by atoms with van der Waals surface area (Å²) in [6.45, 7) is 3.66. The molecule has 0 N–H and O–H groups in total. The molecule has 186 valence electrons. The van der Waals surface area contributed by atoms with Crippen molar-refractivity contribution in [1.82, 2.24) is 0 Å². The van der Waals surface area contributed by atoms with Crippen LogP contribution in [-0.4, -0.2) is 0 Å². The smallest absolute Gasteiger partial charge is 0.167 e. The first kappa shape index (κ1) is 25.5. The number of aryl methyl sites for hydroxylation is 1. The molecule has 0 bridgehead atoms. The van der Waals surface area contributed by atoms with Crippen molar-refractivity contribution >= 4 is 0 Å². The first-order valence-electron chi connectivity index (χ1n) is 11.8. The van der Waals surface area contributed by atoms with E-state index >= 15 is 4.39 Å². The standard InChI is InChI=1S/C30H24F6/c1-3-5-19-11-12-22(29(35)27(19)33)23-14-13-21(28(34)30(23)36)18-9-7-17(8-10-18)20-15-25(31)24(6-4-2)26(32)16-20/h7-16H,3-6H2,1-2H3. The minimum atomic E-state index is -1.30. The van der Waals surface area contributed by atoms with Crippen molar-refractivity contribution in [1.29, 1.82) is 0 Å². The quantitative estimate of drug-likeness (QED) is 0.223. The molecule has 0 aliphatic carbocycles. The summed E-state index contributed by atoms with van der Waals surface area (Å²) in [7, 11) is 0. The Kier molecular flexibility index (Phi) is 7.53. The van der Waals surface area contributed by atoms with Crippen molar-refractivity contribution in [2.24, 2.45) is 0 Å². The minimum Gasteiger partial charge on any atom is -0.207 e. The van der Waals surface area contributed by atoms with E-state index in [-0.39, 0.29) is 34.2 Å². The van der Waals surface area contributed by atoms with Gasteiger partial charge < -0.3 is 0 Å². The predicted molar refractivity (Wildman–Crippen MR) is 130 cm³/mol. The van der Waals surface area contributed by atoms with Gasteiger partial charge in [-0.05, 0) is 47.2 Å². The van der Waals surface area contributed by atoms with Crippen LogP contribution in [0.25, 0.3) is 33.4 Å². The van der Waals surface area contributed by atoms with Gasteiger partial charge in [-0.15, -0.1) is 0 Å². The Morgan fingerprint density at radius 3 is 1.53 bits per heavy atom. The predicted octanol–water partition coefficient (Wildman–Crippen LogP) is 9.43. The fraction of sp³-hybridized carbons (Fsp3) is 0.200. The molecular weight excluding hydrogens is 474 g/mol. The summed E-state index contributed by atoms with van der Waals surface area (Å²) < 4.78 is 87.7. The summed E-state index contributed by atoms with van der Waals surface area (Å²) in [6.07, 6.45) is 1.84. The first-order chi connectivity index (χ1) is 17.3. The van der Waals surface area contributed by atoms with Crippen molar-refractivity contribution in [2.75, 3.05) is 0 Å². The van der Waals surface area contributed by atoms with Crippen LogP contribution < -0.4 is 0 Å². The van der Waals surface area contributed by atoms with E-state index in [2.05, 4.69) is 0 Å². The van der Waals surface area contributed by atoms with Gasteiger partial charge in [0.25, 0.3) is 0 Å². The molecule has 0 unspecified atom stereocenters. The van der Waals surface area contributed by atoms with Gasteiger partial charge in [0.2, 0.25) is 0 Å². The lowest BCUT2D eigenvalue weighted by Gasteiger charge is -2.12. The van der Waals surface area contributed by atoms with Crippen molar-refractivity contribution in [3.05, 3.63) is 107 Å². The van der Waals surface area contributed by atoms with Crippen LogP contribution in [0, 0.1) is 34.9 Å². The Labute approximate surface area is 206 Å². The van der Waals surface area contributed by atoms with Crippen LogP contribution in [0.5, 0.6) is 0 Å². The molecule has 0 amide bonds. The summed E-state index contributed by atoms with van der Waals surface area (Å²) in [5, 5.41) is 0. The molecule has 0 aliphatic heterocycles. The molecule has 0 aromatic heterocycles. The highest BCUT2D eigenvalue weighted by Crippen LogP contribution is 2.35. The van der Waals surface area contributed by atoms with Gasteiger partial charge in [0.15, 0.2) is 23.3 Å². The molecule has 6 heteroatoms. The molecule has 0 radical (unpaired) electrons. The number of hydrogen-bond acceptors (Lipinski definition) is 0. The maximum atomic E-state index is 15.0. The fourth-order valence-corrected chi connectivity index (χ4v) is 4.34. The molecule has 0 aliphatic rings. The fourth-order valence-electron chi connectivity index (χ4n) is 4.34. The molecule has 0 fully saturated rings. The van der Waals surface area contributed by atoms with Crippen LogP contribution in [0.3, 0.4) is 0 Å². The van der Waals surface area contributed by atoms with Gasteiger partial charge in [0.1, 0.15) is 11.6 Å². The van der Waals surface area contributed by atoms with Crippen molar-refractivity contribution < 1.29 is 26.3 Å². The monoisotopic (exact) mass is 498 g/mol. The summed E-state index contributed by atoms with van der Waals surface area (Å²) in [5.74, 6) is -6.06. The molecule has 4 aromatic carbocycles. The van der Waals surface area contributed by atoms with E-state index in [1.54, 1.807) is 12.1 Å². The van der Waals surface area contributed by atoms with Gasteiger partial charge in [-0.1, -0.05) is 75.2 Å². The van der Waals surface area contributed by atoms with Gasteiger partial charge in [-0.2, -0.15) is 0 Å². The third kappa shape index (κ3) is 4.77. The average Bonchev–Trinajstić information content (AvgIpc) is 2.86. The first-order valence-corrected chi connectivity index (χ1v) is 11.8. The summed E-state index contributed by atoms with van der Waals surface area (Å²) in [5.41, 5.74) is 0.524. The normalized spacial score (nSPS) is 11.2. The maximum Gasteiger partial charge on any atom is 0.167 e. The largest absolute Gasteiger partial charge is 0.207 e. The third-order valence-electron chi connectivity index (χ3n) is 6.22. The zero-order valence-electron chi connectivity index (χ0n) is 19.9. The highest BCUT2D eigenvalue weighted by molar-refractivity contribution is 5.74. The summed E-state index contributed by atoms with van der Waals surface area (Å²) >= 11 is 0. The lowest BCUT2D eigenvalue weighted by Crippen LogP contribution is -2.00. The second kappa shape index (κ2) is 10.6. The van der Waals surface area contributed by atoms with E-state index in [1.165, 1.54) is 48.5 Å².